The van der Waals surface area contributed by atoms with Gasteiger partial charge in [-0.25, -0.2) is 0 Å². The van der Waals surface area contributed by atoms with Crippen LogP contribution < -0.4 is 10.6 Å². The monoisotopic (exact) mass is 303 g/mol. The zero-order valence-corrected chi connectivity index (χ0v) is 13.5. The fourth-order valence-electron chi connectivity index (χ4n) is 3.03. The van der Waals surface area contributed by atoms with Crippen molar-refractivity contribution in [1.82, 2.24) is 15.5 Å². The number of nitrogens with zero attached hydrogens (tertiary/aromatic N) is 1. The summed E-state index contributed by atoms with van der Waals surface area (Å²) in [4.78, 5) is 14.5. The van der Waals surface area contributed by atoms with Gasteiger partial charge in [0.2, 0.25) is 5.91 Å². The Labute approximate surface area is 129 Å². The van der Waals surface area contributed by atoms with Gasteiger partial charge in [0.05, 0.1) is 0 Å². The van der Waals surface area contributed by atoms with Gasteiger partial charge in [-0.05, 0) is 70.7 Å². The topological polar surface area (TPSA) is 44.4 Å². The van der Waals surface area contributed by atoms with Gasteiger partial charge in [-0.1, -0.05) is 6.92 Å². The standard InChI is InChI=1S/C15H29N3O.ClH/c1-13-5-11-18(12-6-13)10-2-7-17-15(19)14-3-8-16-9-4-14;/h13-14,16H,2-12H2,1H3,(H,17,19);1H. The highest BCUT2D eigenvalue weighted by molar-refractivity contribution is 5.85. The molecule has 0 aromatic rings. The number of carbonyl (C=O) groups is 1. The number of amides is 1. The number of carbonyl (C=O) groups excluding carboxylic acids is 1. The predicted molar refractivity (Wildman–Crippen MR) is 85.3 cm³/mol. The van der Waals surface area contributed by atoms with Crippen LogP contribution in [-0.2, 0) is 4.79 Å². The highest BCUT2D eigenvalue weighted by Crippen LogP contribution is 2.15. The Bertz CT molecular complexity index is 274. The Hall–Kier alpha value is -0.320. The van der Waals surface area contributed by atoms with E-state index in [-0.39, 0.29) is 24.2 Å². The number of nitrogens with one attached hydrogen (secondary N) is 2. The second kappa shape index (κ2) is 9.59. The minimum absolute atomic E-state index is 0. The highest BCUT2D eigenvalue weighted by Gasteiger charge is 2.20. The van der Waals surface area contributed by atoms with Gasteiger partial charge in [0.15, 0.2) is 0 Å². The van der Waals surface area contributed by atoms with Gasteiger partial charge < -0.3 is 15.5 Å². The maximum atomic E-state index is 11.9. The molecule has 0 bridgehead atoms. The molecule has 0 radical (unpaired) electrons. The van der Waals surface area contributed by atoms with Crippen LogP contribution in [0.25, 0.3) is 0 Å². The summed E-state index contributed by atoms with van der Waals surface area (Å²) >= 11 is 0. The zero-order chi connectivity index (χ0) is 13.5. The van der Waals surface area contributed by atoms with Crippen molar-refractivity contribution in [2.24, 2.45) is 11.8 Å². The van der Waals surface area contributed by atoms with E-state index in [0.29, 0.717) is 0 Å². The molecule has 2 N–H and O–H groups in total. The largest absolute Gasteiger partial charge is 0.356 e. The molecule has 1 amide bonds. The molecule has 0 aromatic heterocycles. The fraction of sp³-hybridized carbons (Fsp3) is 0.933. The molecule has 2 aliphatic rings. The molecule has 0 saturated carbocycles. The molecule has 20 heavy (non-hydrogen) atoms. The van der Waals surface area contributed by atoms with Crippen LogP contribution >= 0.6 is 12.4 Å². The smallest absolute Gasteiger partial charge is 0.223 e. The van der Waals surface area contributed by atoms with Crippen molar-refractivity contribution in [3.05, 3.63) is 0 Å². The molecule has 0 aromatic carbocycles. The number of hydrogen-bond acceptors (Lipinski definition) is 3. The third-order valence-corrected chi connectivity index (χ3v) is 4.54. The average molecular weight is 304 g/mol. The molecule has 2 fully saturated rings. The Kier molecular flexibility index (Phi) is 8.50. The SMILES string of the molecule is CC1CCN(CCCNC(=O)C2CCNCC2)CC1.Cl. The summed E-state index contributed by atoms with van der Waals surface area (Å²) in [6.07, 6.45) is 5.75. The van der Waals surface area contributed by atoms with Crippen molar-refractivity contribution < 1.29 is 4.79 Å². The summed E-state index contributed by atoms with van der Waals surface area (Å²) in [5.74, 6) is 1.42. The lowest BCUT2D eigenvalue weighted by Crippen LogP contribution is -2.39. The van der Waals surface area contributed by atoms with Crippen molar-refractivity contribution >= 4 is 18.3 Å². The Morgan fingerprint density at radius 2 is 1.85 bits per heavy atom. The van der Waals surface area contributed by atoms with Crippen molar-refractivity contribution in [2.45, 2.75) is 39.0 Å². The normalized spacial score (nSPS) is 22.2. The van der Waals surface area contributed by atoms with Gasteiger partial charge in [0.1, 0.15) is 0 Å². The molecule has 0 atom stereocenters. The van der Waals surface area contributed by atoms with E-state index < -0.39 is 0 Å². The highest BCUT2D eigenvalue weighted by atomic mass is 35.5. The van der Waals surface area contributed by atoms with Crippen LogP contribution in [0, 0.1) is 11.8 Å². The van der Waals surface area contributed by atoms with Crippen LogP contribution in [0.4, 0.5) is 0 Å². The number of rotatable bonds is 5. The first-order chi connectivity index (χ1) is 9.25. The van der Waals surface area contributed by atoms with E-state index in [9.17, 15) is 4.79 Å². The number of likely N-dealkylation sites (tertiary alicyclic amines) is 1. The molecular weight excluding hydrogens is 274 g/mol. The molecule has 118 valence electrons. The fourth-order valence-corrected chi connectivity index (χ4v) is 3.03. The summed E-state index contributed by atoms with van der Waals surface area (Å²) < 4.78 is 0. The molecule has 2 aliphatic heterocycles. The van der Waals surface area contributed by atoms with Gasteiger partial charge in [0, 0.05) is 12.5 Å². The van der Waals surface area contributed by atoms with Gasteiger partial charge >= 0.3 is 0 Å². The minimum atomic E-state index is 0. The summed E-state index contributed by atoms with van der Waals surface area (Å²) in [6, 6.07) is 0. The van der Waals surface area contributed by atoms with Gasteiger partial charge in [-0.3, -0.25) is 4.79 Å². The van der Waals surface area contributed by atoms with E-state index in [1.165, 1.54) is 25.9 Å². The van der Waals surface area contributed by atoms with Crippen molar-refractivity contribution in [3.8, 4) is 0 Å². The number of halogens is 1. The zero-order valence-electron chi connectivity index (χ0n) is 12.7. The summed E-state index contributed by atoms with van der Waals surface area (Å²) in [5, 5.41) is 6.40. The van der Waals surface area contributed by atoms with Gasteiger partial charge in [-0.2, -0.15) is 0 Å². The Balaban J connectivity index is 0.00000200. The van der Waals surface area contributed by atoms with Crippen LogP contribution in [0.1, 0.15) is 39.0 Å². The van der Waals surface area contributed by atoms with E-state index in [1.807, 2.05) is 0 Å². The summed E-state index contributed by atoms with van der Waals surface area (Å²) in [5.41, 5.74) is 0. The predicted octanol–water partition coefficient (Wildman–Crippen LogP) is 1.65. The van der Waals surface area contributed by atoms with Crippen LogP contribution in [0.5, 0.6) is 0 Å². The molecule has 2 heterocycles. The number of hydrogen-bond donors (Lipinski definition) is 2. The van der Waals surface area contributed by atoms with E-state index in [0.717, 1.165) is 51.4 Å². The average Bonchev–Trinajstić information content (AvgIpc) is 2.46. The lowest BCUT2D eigenvalue weighted by Gasteiger charge is -2.30. The Morgan fingerprint density at radius 1 is 1.20 bits per heavy atom. The molecule has 4 nitrogen and oxygen atoms in total. The third-order valence-electron chi connectivity index (χ3n) is 4.54. The first kappa shape index (κ1) is 17.7. The van der Waals surface area contributed by atoms with Crippen LogP contribution in [0.15, 0.2) is 0 Å². The summed E-state index contributed by atoms with van der Waals surface area (Å²) in [6.45, 7) is 8.78. The second-order valence-electron chi connectivity index (χ2n) is 6.19. The van der Waals surface area contributed by atoms with Crippen molar-refractivity contribution in [2.75, 3.05) is 39.3 Å². The first-order valence-corrected chi connectivity index (χ1v) is 7.96. The van der Waals surface area contributed by atoms with Crippen LogP contribution in [0.3, 0.4) is 0 Å². The van der Waals surface area contributed by atoms with Gasteiger partial charge in [-0.15, -0.1) is 12.4 Å². The summed E-state index contributed by atoms with van der Waals surface area (Å²) in [7, 11) is 0. The first-order valence-electron chi connectivity index (χ1n) is 7.96. The second-order valence-corrected chi connectivity index (χ2v) is 6.19. The molecule has 0 spiro atoms. The van der Waals surface area contributed by atoms with E-state index in [1.54, 1.807) is 0 Å². The lowest BCUT2D eigenvalue weighted by molar-refractivity contribution is -0.125. The maximum absolute atomic E-state index is 11.9. The van der Waals surface area contributed by atoms with Crippen LogP contribution in [-0.4, -0.2) is 50.1 Å². The quantitative estimate of drug-likeness (QED) is 0.759. The maximum Gasteiger partial charge on any atom is 0.223 e. The molecule has 0 unspecified atom stereocenters. The van der Waals surface area contributed by atoms with E-state index in [4.69, 9.17) is 0 Å². The molecule has 2 saturated heterocycles. The molecule has 5 heteroatoms. The lowest BCUT2D eigenvalue weighted by atomic mass is 9.97. The van der Waals surface area contributed by atoms with Crippen molar-refractivity contribution in [1.29, 1.82) is 0 Å². The Morgan fingerprint density at radius 3 is 2.50 bits per heavy atom. The molecule has 0 aliphatic carbocycles. The van der Waals surface area contributed by atoms with E-state index in [2.05, 4.69) is 22.5 Å². The van der Waals surface area contributed by atoms with E-state index >= 15 is 0 Å². The minimum Gasteiger partial charge on any atom is -0.356 e. The molecular formula is C15H30ClN3O. The van der Waals surface area contributed by atoms with Gasteiger partial charge in [0.25, 0.3) is 0 Å². The van der Waals surface area contributed by atoms with Crippen molar-refractivity contribution in [3.63, 3.8) is 0 Å². The number of piperidine rings is 2. The molecule has 2 rings (SSSR count). The van der Waals surface area contributed by atoms with Crippen LogP contribution in [0.2, 0.25) is 0 Å². The third kappa shape index (κ3) is 5.98.